The van der Waals surface area contributed by atoms with Gasteiger partial charge in [0.05, 0.1) is 13.7 Å². The smallest absolute Gasteiger partial charge is 0.328 e. The Kier molecular flexibility index (Phi) is 7.25. The molecule has 1 rings (SSSR count). The molecule has 0 aliphatic rings. The maximum absolute atomic E-state index is 10.6. The van der Waals surface area contributed by atoms with Gasteiger partial charge in [0, 0.05) is 11.6 Å². The van der Waals surface area contributed by atoms with Crippen molar-refractivity contribution in [2.75, 3.05) is 13.7 Å². The van der Waals surface area contributed by atoms with Crippen LogP contribution in [-0.2, 0) is 4.79 Å². The van der Waals surface area contributed by atoms with Crippen molar-refractivity contribution in [3.8, 4) is 11.5 Å². The highest BCUT2D eigenvalue weighted by Gasteiger charge is 2.04. The van der Waals surface area contributed by atoms with Crippen LogP contribution < -0.4 is 9.47 Å². The summed E-state index contributed by atoms with van der Waals surface area (Å²) in [5.41, 5.74) is 0.710. The standard InChI is InChI=1S/C16H22O4/c1-3-4-5-6-11-20-15-9-8-14(19-2)12-13(15)7-10-16(17)18/h7-10,12H,3-6,11H2,1-2H3,(H,17,18)/b10-7+. The Hall–Kier alpha value is -1.97. The zero-order valence-electron chi connectivity index (χ0n) is 12.1. The minimum atomic E-state index is -0.985. The number of carbonyl (C=O) groups is 1. The molecule has 20 heavy (non-hydrogen) atoms. The second kappa shape index (κ2) is 9.02. The summed E-state index contributed by atoms with van der Waals surface area (Å²) >= 11 is 0. The van der Waals surface area contributed by atoms with Gasteiger partial charge in [0.2, 0.25) is 0 Å². The number of hydrogen-bond acceptors (Lipinski definition) is 3. The molecule has 0 spiro atoms. The minimum absolute atomic E-state index is 0.639. The molecule has 0 heterocycles. The van der Waals surface area contributed by atoms with Crippen LogP contribution in [0.1, 0.15) is 38.2 Å². The van der Waals surface area contributed by atoms with Crippen molar-refractivity contribution in [3.63, 3.8) is 0 Å². The van der Waals surface area contributed by atoms with Crippen molar-refractivity contribution in [2.45, 2.75) is 32.6 Å². The summed E-state index contributed by atoms with van der Waals surface area (Å²) in [4.78, 5) is 10.6. The molecule has 4 heteroatoms. The molecule has 0 amide bonds. The average molecular weight is 278 g/mol. The van der Waals surface area contributed by atoms with Crippen LogP contribution in [0.2, 0.25) is 0 Å². The van der Waals surface area contributed by atoms with Gasteiger partial charge in [-0.15, -0.1) is 0 Å². The quantitative estimate of drug-likeness (QED) is 0.552. The molecule has 1 aromatic rings. The number of ether oxygens (including phenoxy) is 2. The molecule has 0 unspecified atom stereocenters. The van der Waals surface area contributed by atoms with Gasteiger partial charge in [-0.25, -0.2) is 4.79 Å². The molecule has 0 aromatic heterocycles. The molecule has 0 radical (unpaired) electrons. The summed E-state index contributed by atoms with van der Waals surface area (Å²) in [6, 6.07) is 5.38. The second-order valence-electron chi connectivity index (χ2n) is 4.48. The molecule has 0 fully saturated rings. The third-order valence-corrected chi connectivity index (χ3v) is 2.88. The first-order valence-corrected chi connectivity index (χ1v) is 6.89. The molecule has 0 aliphatic heterocycles. The van der Waals surface area contributed by atoms with Crippen LogP contribution in [0.5, 0.6) is 11.5 Å². The first kappa shape index (κ1) is 16.1. The van der Waals surface area contributed by atoms with E-state index >= 15 is 0 Å². The second-order valence-corrected chi connectivity index (χ2v) is 4.48. The summed E-state index contributed by atoms with van der Waals surface area (Å²) in [7, 11) is 1.57. The molecule has 1 N–H and O–H groups in total. The lowest BCUT2D eigenvalue weighted by molar-refractivity contribution is -0.131. The molecule has 0 bridgehead atoms. The molecule has 0 aliphatic carbocycles. The maximum atomic E-state index is 10.6. The van der Waals surface area contributed by atoms with Crippen molar-refractivity contribution < 1.29 is 19.4 Å². The molecular weight excluding hydrogens is 256 g/mol. The van der Waals surface area contributed by atoms with Crippen LogP contribution in [0.4, 0.5) is 0 Å². The van der Waals surface area contributed by atoms with E-state index in [0.717, 1.165) is 18.9 Å². The van der Waals surface area contributed by atoms with Gasteiger partial charge in [0.1, 0.15) is 11.5 Å². The first-order chi connectivity index (χ1) is 9.67. The number of hydrogen-bond donors (Lipinski definition) is 1. The average Bonchev–Trinajstić information content (AvgIpc) is 2.45. The predicted octanol–water partition coefficient (Wildman–Crippen LogP) is 3.75. The van der Waals surface area contributed by atoms with E-state index in [1.807, 2.05) is 0 Å². The van der Waals surface area contributed by atoms with Crippen molar-refractivity contribution >= 4 is 12.0 Å². The molecule has 1 aromatic carbocycles. The highest BCUT2D eigenvalue weighted by molar-refractivity contribution is 5.86. The number of unbranched alkanes of at least 4 members (excludes halogenated alkanes) is 3. The van der Waals surface area contributed by atoms with Gasteiger partial charge < -0.3 is 14.6 Å². The zero-order valence-corrected chi connectivity index (χ0v) is 12.1. The predicted molar refractivity (Wildman–Crippen MR) is 79.3 cm³/mol. The number of rotatable bonds is 9. The lowest BCUT2D eigenvalue weighted by Gasteiger charge is -2.10. The van der Waals surface area contributed by atoms with Gasteiger partial charge in [-0.05, 0) is 30.7 Å². The van der Waals surface area contributed by atoms with Crippen LogP contribution in [-0.4, -0.2) is 24.8 Å². The summed E-state index contributed by atoms with van der Waals surface area (Å²) in [6.45, 7) is 2.80. The van der Waals surface area contributed by atoms with E-state index in [-0.39, 0.29) is 0 Å². The van der Waals surface area contributed by atoms with E-state index in [1.54, 1.807) is 25.3 Å². The monoisotopic (exact) mass is 278 g/mol. The van der Waals surface area contributed by atoms with E-state index in [4.69, 9.17) is 14.6 Å². The normalized spacial score (nSPS) is 10.7. The Bertz CT molecular complexity index is 452. The Balaban J connectivity index is 2.70. The van der Waals surface area contributed by atoms with Gasteiger partial charge in [-0.3, -0.25) is 0 Å². The molecule has 0 atom stereocenters. The van der Waals surface area contributed by atoms with Gasteiger partial charge >= 0.3 is 5.97 Å². The van der Waals surface area contributed by atoms with Crippen LogP contribution >= 0.6 is 0 Å². The van der Waals surface area contributed by atoms with E-state index in [0.29, 0.717) is 23.7 Å². The number of methoxy groups -OCH3 is 1. The van der Waals surface area contributed by atoms with Crippen molar-refractivity contribution in [3.05, 3.63) is 29.8 Å². The van der Waals surface area contributed by atoms with Crippen LogP contribution in [0, 0.1) is 0 Å². The van der Waals surface area contributed by atoms with Crippen molar-refractivity contribution in [2.24, 2.45) is 0 Å². The summed E-state index contributed by atoms with van der Waals surface area (Å²) in [6.07, 6.45) is 7.16. The van der Waals surface area contributed by atoms with E-state index < -0.39 is 5.97 Å². The molecule has 0 saturated carbocycles. The minimum Gasteiger partial charge on any atom is -0.497 e. The third kappa shape index (κ3) is 5.78. The van der Waals surface area contributed by atoms with Crippen LogP contribution in [0.25, 0.3) is 6.08 Å². The van der Waals surface area contributed by atoms with E-state index in [1.165, 1.54) is 18.9 Å². The zero-order chi connectivity index (χ0) is 14.8. The van der Waals surface area contributed by atoms with Gasteiger partial charge in [-0.2, -0.15) is 0 Å². The lowest BCUT2D eigenvalue weighted by Crippen LogP contribution is -1.99. The highest BCUT2D eigenvalue weighted by Crippen LogP contribution is 2.25. The number of benzene rings is 1. The number of carboxylic acid groups (broad SMARTS) is 1. The summed E-state index contributed by atoms with van der Waals surface area (Å²) < 4.78 is 10.9. The molecule has 110 valence electrons. The Morgan fingerprint density at radius 3 is 2.75 bits per heavy atom. The SMILES string of the molecule is CCCCCCOc1ccc(OC)cc1/C=C/C(=O)O. The Morgan fingerprint density at radius 2 is 2.10 bits per heavy atom. The molecular formula is C16H22O4. The van der Waals surface area contributed by atoms with E-state index in [2.05, 4.69) is 6.92 Å². The topological polar surface area (TPSA) is 55.8 Å². The highest BCUT2D eigenvalue weighted by atomic mass is 16.5. The summed E-state index contributed by atoms with van der Waals surface area (Å²) in [5, 5.41) is 8.71. The van der Waals surface area contributed by atoms with Crippen LogP contribution in [0.3, 0.4) is 0 Å². The van der Waals surface area contributed by atoms with Gasteiger partial charge in [0.15, 0.2) is 0 Å². The molecule has 4 nitrogen and oxygen atoms in total. The van der Waals surface area contributed by atoms with Crippen molar-refractivity contribution in [1.29, 1.82) is 0 Å². The first-order valence-electron chi connectivity index (χ1n) is 6.89. The fourth-order valence-electron chi connectivity index (χ4n) is 1.79. The Labute approximate surface area is 120 Å². The lowest BCUT2D eigenvalue weighted by atomic mass is 10.1. The number of aliphatic carboxylic acids is 1. The van der Waals surface area contributed by atoms with Gasteiger partial charge in [0.25, 0.3) is 0 Å². The third-order valence-electron chi connectivity index (χ3n) is 2.88. The molecule has 0 saturated heterocycles. The van der Waals surface area contributed by atoms with Gasteiger partial charge in [-0.1, -0.05) is 26.2 Å². The van der Waals surface area contributed by atoms with Crippen LogP contribution in [0.15, 0.2) is 24.3 Å². The largest absolute Gasteiger partial charge is 0.497 e. The Morgan fingerprint density at radius 1 is 1.30 bits per heavy atom. The number of carboxylic acids is 1. The fourth-order valence-corrected chi connectivity index (χ4v) is 1.79. The summed E-state index contributed by atoms with van der Waals surface area (Å²) in [5.74, 6) is 0.370. The van der Waals surface area contributed by atoms with E-state index in [9.17, 15) is 4.79 Å². The fraction of sp³-hybridized carbons (Fsp3) is 0.438. The maximum Gasteiger partial charge on any atom is 0.328 e. The van der Waals surface area contributed by atoms with Crippen molar-refractivity contribution in [1.82, 2.24) is 0 Å².